The third-order valence-electron chi connectivity index (χ3n) is 4.05. The number of ether oxygens (including phenoxy) is 1. The number of aliphatic imine (C=N–C) groups is 2. The minimum Gasteiger partial charge on any atom is -0.469 e. The lowest BCUT2D eigenvalue weighted by Crippen LogP contribution is -2.20. The number of halogens is 1. The van der Waals surface area contributed by atoms with Gasteiger partial charge in [0, 0.05) is 30.6 Å². The van der Waals surface area contributed by atoms with Crippen molar-refractivity contribution >= 4 is 41.0 Å². The molecule has 1 aromatic carbocycles. The highest BCUT2D eigenvalue weighted by Crippen LogP contribution is 2.26. The van der Waals surface area contributed by atoms with Gasteiger partial charge in [0.1, 0.15) is 6.54 Å². The van der Waals surface area contributed by atoms with Crippen LogP contribution in [0.3, 0.4) is 0 Å². The molecule has 0 radical (unpaired) electrons. The molecule has 8 nitrogen and oxygen atoms in total. The Bertz CT molecular complexity index is 759. The highest BCUT2D eigenvalue weighted by molar-refractivity contribution is 6.34. The molecule has 1 aliphatic carbocycles. The molecule has 0 atom stereocenters. The topological polar surface area (TPSA) is 127 Å². The smallest absolute Gasteiger partial charge is 0.282 e. The van der Waals surface area contributed by atoms with Gasteiger partial charge in [0.25, 0.3) is 6.02 Å². The van der Waals surface area contributed by atoms with Crippen molar-refractivity contribution in [1.29, 1.82) is 0 Å². The van der Waals surface area contributed by atoms with Crippen LogP contribution >= 0.6 is 11.6 Å². The minimum absolute atomic E-state index is 0.0631. The lowest BCUT2D eigenvalue weighted by molar-refractivity contribution is -0.114. The summed E-state index contributed by atoms with van der Waals surface area (Å²) in [7, 11) is 1.38. The van der Waals surface area contributed by atoms with Crippen LogP contribution in [0.25, 0.3) is 5.57 Å². The summed E-state index contributed by atoms with van der Waals surface area (Å²) in [6.45, 7) is 1.51. The van der Waals surface area contributed by atoms with E-state index in [4.69, 9.17) is 27.8 Å². The molecule has 0 bridgehead atoms. The predicted molar refractivity (Wildman–Crippen MR) is 115 cm³/mol. The van der Waals surface area contributed by atoms with Crippen LogP contribution in [-0.4, -0.2) is 50.9 Å². The summed E-state index contributed by atoms with van der Waals surface area (Å²) >= 11 is 6.18. The number of methoxy groups -OCH3 is 1. The Labute approximate surface area is 170 Å². The van der Waals surface area contributed by atoms with Gasteiger partial charge in [0.2, 0.25) is 5.91 Å². The van der Waals surface area contributed by atoms with Crippen LogP contribution in [0.4, 0.5) is 5.69 Å². The average molecular weight is 407 g/mol. The Morgan fingerprint density at radius 1 is 1.43 bits per heavy atom. The molecule has 0 unspecified atom stereocenters. The molecule has 152 valence electrons. The van der Waals surface area contributed by atoms with E-state index < -0.39 is 0 Å². The molecule has 1 aliphatic rings. The summed E-state index contributed by atoms with van der Waals surface area (Å²) in [5.41, 5.74) is 13.1. The van der Waals surface area contributed by atoms with E-state index in [-0.39, 0.29) is 18.5 Å². The van der Waals surface area contributed by atoms with Crippen molar-refractivity contribution in [2.45, 2.75) is 25.3 Å². The number of rotatable bonds is 10. The zero-order valence-corrected chi connectivity index (χ0v) is 16.7. The molecule has 0 spiro atoms. The number of anilines is 1. The predicted octanol–water partition coefficient (Wildman–Crippen LogP) is 1.75. The second-order valence-electron chi connectivity index (χ2n) is 6.34. The standard InChI is InChI=1S/C19H27ClN6O2/c1-28-19(22)25-12-18(27)26-17-9-13(3-6-16(17)20)14(10-21)11-23-7-2-8-24-15-4-5-15/h3,6,9-11,15,24H,2,4-5,7-8,12,21H2,1H3,(H2,22,25)(H,26,27). The normalized spacial score (nSPS) is 15.1. The summed E-state index contributed by atoms with van der Waals surface area (Å²) in [5.74, 6) is -0.367. The summed E-state index contributed by atoms with van der Waals surface area (Å²) in [5, 5.41) is 6.55. The molecule has 28 heavy (non-hydrogen) atoms. The molecule has 9 heteroatoms. The fourth-order valence-corrected chi connectivity index (χ4v) is 2.51. The fourth-order valence-electron chi connectivity index (χ4n) is 2.35. The van der Waals surface area contributed by atoms with Crippen LogP contribution in [-0.2, 0) is 9.53 Å². The number of hydrogen-bond donors (Lipinski definition) is 4. The molecule has 1 fully saturated rings. The zero-order valence-electron chi connectivity index (χ0n) is 16.0. The van der Waals surface area contributed by atoms with Crippen LogP contribution < -0.4 is 22.1 Å². The van der Waals surface area contributed by atoms with E-state index in [1.165, 1.54) is 26.2 Å². The first-order valence-corrected chi connectivity index (χ1v) is 9.50. The number of benzene rings is 1. The van der Waals surface area contributed by atoms with E-state index in [0.29, 0.717) is 23.3 Å². The summed E-state index contributed by atoms with van der Waals surface area (Å²) in [4.78, 5) is 20.2. The monoisotopic (exact) mass is 406 g/mol. The Hall–Kier alpha value is -2.58. The SMILES string of the molecule is COC(N)=NCC(=O)Nc1cc(C(C=NCCCNC2CC2)=CN)ccc1Cl. The quantitative estimate of drug-likeness (QED) is 0.267. The van der Waals surface area contributed by atoms with Gasteiger partial charge < -0.3 is 26.8 Å². The van der Waals surface area contributed by atoms with Gasteiger partial charge in [-0.1, -0.05) is 17.7 Å². The average Bonchev–Trinajstić information content (AvgIpc) is 3.52. The first-order valence-electron chi connectivity index (χ1n) is 9.12. The molecule has 1 aromatic rings. The van der Waals surface area contributed by atoms with E-state index in [2.05, 4.69) is 20.6 Å². The van der Waals surface area contributed by atoms with E-state index in [1.54, 1.807) is 18.3 Å². The lowest BCUT2D eigenvalue weighted by Gasteiger charge is -2.09. The molecule has 0 aromatic heterocycles. The third kappa shape index (κ3) is 7.58. The molecule has 0 aliphatic heterocycles. The van der Waals surface area contributed by atoms with Gasteiger partial charge in [-0.25, -0.2) is 4.99 Å². The minimum atomic E-state index is -0.367. The third-order valence-corrected chi connectivity index (χ3v) is 4.38. The van der Waals surface area contributed by atoms with Gasteiger partial charge >= 0.3 is 0 Å². The number of nitrogens with zero attached hydrogens (tertiary/aromatic N) is 2. The molecular formula is C19H27ClN6O2. The molecule has 6 N–H and O–H groups in total. The maximum absolute atomic E-state index is 12.0. The Kier molecular flexibility index (Phi) is 8.77. The molecule has 0 saturated heterocycles. The lowest BCUT2D eigenvalue weighted by atomic mass is 10.1. The Morgan fingerprint density at radius 2 is 2.21 bits per heavy atom. The van der Waals surface area contributed by atoms with Crippen molar-refractivity contribution in [2.75, 3.05) is 32.1 Å². The van der Waals surface area contributed by atoms with Gasteiger partial charge in [-0.15, -0.1) is 0 Å². The largest absolute Gasteiger partial charge is 0.469 e. The van der Waals surface area contributed by atoms with Gasteiger partial charge in [-0.3, -0.25) is 9.79 Å². The van der Waals surface area contributed by atoms with Crippen molar-refractivity contribution in [3.05, 3.63) is 35.0 Å². The van der Waals surface area contributed by atoms with Crippen molar-refractivity contribution in [2.24, 2.45) is 21.5 Å². The van der Waals surface area contributed by atoms with Crippen molar-refractivity contribution < 1.29 is 9.53 Å². The molecular weight excluding hydrogens is 380 g/mol. The van der Waals surface area contributed by atoms with Crippen LogP contribution in [0.2, 0.25) is 5.02 Å². The van der Waals surface area contributed by atoms with Crippen LogP contribution in [0.5, 0.6) is 0 Å². The van der Waals surface area contributed by atoms with Crippen LogP contribution in [0.1, 0.15) is 24.8 Å². The highest BCUT2D eigenvalue weighted by Gasteiger charge is 2.19. The Balaban J connectivity index is 1.93. The van der Waals surface area contributed by atoms with Crippen LogP contribution in [0.15, 0.2) is 34.4 Å². The van der Waals surface area contributed by atoms with Gasteiger partial charge in [0.05, 0.1) is 17.8 Å². The molecule has 2 rings (SSSR count). The number of carbonyl (C=O) groups is 1. The fraction of sp³-hybridized carbons (Fsp3) is 0.421. The number of nitrogens with one attached hydrogen (secondary N) is 2. The number of hydrogen-bond acceptors (Lipinski definition) is 6. The maximum atomic E-state index is 12.0. The van der Waals surface area contributed by atoms with Gasteiger partial charge in [-0.2, -0.15) is 0 Å². The zero-order chi connectivity index (χ0) is 20.4. The second kappa shape index (κ2) is 11.3. The first-order chi connectivity index (χ1) is 13.5. The van der Waals surface area contributed by atoms with E-state index in [9.17, 15) is 4.79 Å². The second-order valence-corrected chi connectivity index (χ2v) is 6.75. The summed E-state index contributed by atoms with van der Waals surface area (Å²) in [6.07, 6.45) is 6.74. The summed E-state index contributed by atoms with van der Waals surface area (Å²) in [6, 6.07) is 5.90. The number of nitrogens with two attached hydrogens (primary N) is 2. The highest BCUT2D eigenvalue weighted by atomic mass is 35.5. The van der Waals surface area contributed by atoms with Gasteiger partial charge in [0.15, 0.2) is 0 Å². The maximum Gasteiger partial charge on any atom is 0.282 e. The molecule has 0 heterocycles. The first kappa shape index (κ1) is 21.7. The molecule has 1 amide bonds. The van der Waals surface area contributed by atoms with Gasteiger partial charge in [-0.05, 0) is 43.5 Å². The number of carbonyl (C=O) groups excluding carboxylic acids is 1. The van der Waals surface area contributed by atoms with Crippen molar-refractivity contribution in [3.8, 4) is 0 Å². The van der Waals surface area contributed by atoms with E-state index in [1.807, 2.05) is 6.07 Å². The van der Waals surface area contributed by atoms with E-state index in [0.717, 1.165) is 24.1 Å². The Morgan fingerprint density at radius 3 is 2.89 bits per heavy atom. The van der Waals surface area contributed by atoms with E-state index >= 15 is 0 Å². The molecule has 1 saturated carbocycles. The summed E-state index contributed by atoms with van der Waals surface area (Å²) < 4.78 is 4.70. The van der Waals surface area contributed by atoms with Crippen molar-refractivity contribution in [1.82, 2.24) is 5.32 Å². The number of allylic oxidation sites excluding steroid dienone is 1. The number of amides is 1. The number of amidine groups is 1. The van der Waals surface area contributed by atoms with Crippen LogP contribution in [0, 0.1) is 0 Å². The van der Waals surface area contributed by atoms with Crippen molar-refractivity contribution in [3.63, 3.8) is 0 Å².